The van der Waals surface area contributed by atoms with E-state index < -0.39 is 5.41 Å². The van der Waals surface area contributed by atoms with Gasteiger partial charge in [-0.25, -0.2) is 0 Å². The molecule has 8 rings (SSSR count). The maximum absolute atomic E-state index is 9.32. The topological polar surface area (TPSA) is 36.7 Å². The van der Waals surface area contributed by atoms with Gasteiger partial charge in [-0.1, -0.05) is 140 Å². The van der Waals surface area contributed by atoms with Crippen molar-refractivity contribution in [3.63, 3.8) is 0 Å². The molecule has 0 aliphatic heterocycles. The second-order valence-electron chi connectivity index (χ2n) is 11.5. The number of hydrogen-bond donors (Lipinski definition) is 0. The molecule has 1 aliphatic rings. The lowest BCUT2D eigenvalue weighted by Gasteiger charge is -2.34. The van der Waals surface area contributed by atoms with Crippen molar-refractivity contribution in [2.24, 2.45) is 0 Å². The minimum absolute atomic E-state index is 0.441. The van der Waals surface area contributed by atoms with Crippen LogP contribution in [0.15, 0.2) is 170 Å². The maximum atomic E-state index is 9.32. The fraction of sp³-hybridized carbons (Fsp3) is 0.0233. The molecule has 0 saturated heterocycles. The molecule has 0 spiro atoms. The third kappa shape index (κ3) is 4.37. The van der Waals surface area contributed by atoms with E-state index >= 15 is 0 Å². The van der Waals surface area contributed by atoms with Crippen molar-refractivity contribution in [2.45, 2.75) is 5.41 Å². The molecule has 0 fully saturated rings. The fourth-order valence-corrected chi connectivity index (χ4v) is 7.00. The summed E-state index contributed by atoms with van der Waals surface area (Å²) in [5.41, 5.74) is 14.4. The average Bonchev–Trinajstić information content (AvgIpc) is 3.42. The molecule has 2 nitrogen and oxygen atoms in total. The molecule has 210 valence electrons. The van der Waals surface area contributed by atoms with Gasteiger partial charge in [-0.15, -0.1) is 0 Å². The van der Waals surface area contributed by atoms with Crippen molar-refractivity contribution < 1.29 is 0 Å². The molecule has 0 radical (unpaired) electrons. The summed E-state index contributed by atoms with van der Waals surface area (Å²) in [4.78, 5) is 4.24. The molecule has 0 atom stereocenters. The van der Waals surface area contributed by atoms with Crippen molar-refractivity contribution in [1.29, 1.82) is 5.26 Å². The van der Waals surface area contributed by atoms with Gasteiger partial charge in [0.15, 0.2) is 0 Å². The van der Waals surface area contributed by atoms with Crippen LogP contribution in [0.3, 0.4) is 0 Å². The Morgan fingerprint density at radius 1 is 0.422 bits per heavy atom. The monoisotopic (exact) mass is 572 g/mol. The van der Waals surface area contributed by atoms with E-state index in [1.165, 1.54) is 44.5 Å². The lowest BCUT2D eigenvalue weighted by Crippen LogP contribution is -2.28. The SMILES string of the molecule is N#Cc1cncc(-c2ccc(-c3ccc4c(c3)-c3cc(-c5ccccc5)ccc3C4(c3ccccc3)c3ccccc3)cc2)c1. The zero-order valence-electron chi connectivity index (χ0n) is 24.6. The Morgan fingerprint density at radius 3 is 1.38 bits per heavy atom. The molecule has 6 aromatic carbocycles. The van der Waals surface area contributed by atoms with Crippen LogP contribution in [-0.2, 0) is 5.41 Å². The van der Waals surface area contributed by atoms with Gasteiger partial charge in [-0.3, -0.25) is 4.98 Å². The average molecular weight is 573 g/mol. The molecular weight excluding hydrogens is 544 g/mol. The second-order valence-corrected chi connectivity index (χ2v) is 11.5. The summed E-state index contributed by atoms with van der Waals surface area (Å²) in [5.74, 6) is 0. The van der Waals surface area contributed by atoms with Gasteiger partial charge in [-0.2, -0.15) is 5.26 Å². The standard InChI is InChI=1S/C43H28N2/c44-27-30-24-36(29-45-28-30)33-18-16-32(17-19-33)35-21-23-42-40(26-35)39-25-34(31-10-4-1-5-11-31)20-22-41(39)43(42,37-12-6-2-7-13-37)38-14-8-3-9-15-38/h1-26,28-29H. The van der Waals surface area contributed by atoms with E-state index in [4.69, 9.17) is 0 Å². The van der Waals surface area contributed by atoms with Crippen LogP contribution < -0.4 is 0 Å². The molecule has 0 bridgehead atoms. The van der Waals surface area contributed by atoms with Gasteiger partial charge in [-0.05, 0) is 79.4 Å². The van der Waals surface area contributed by atoms with Crippen LogP contribution in [0.4, 0.5) is 0 Å². The predicted octanol–water partition coefficient (Wildman–Crippen LogP) is 10.3. The Bertz CT molecular complexity index is 2150. The summed E-state index contributed by atoms with van der Waals surface area (Å²) >= 11 is 0. The molecule has 0 unspecified atom stereocenters. The zero-order chi connectivity index (χ0) is 30.2. The summed E-state index contributed by atoms with van der Waals surface area (Å²) in [6, 6.07) is 59.0. The number of nitriles is 1. The molecule has 1 aliphatic carbocycles. The molecule has 2 heteroatoms. The Kier molecular flexibility index (Phi) is 6.44. The molecular formula is C43H28N2. The van der Waals surface area contributed by atoms with Gasteiger partial charge in [0, 0.05) is 18.0 Å². The van der Waals surface area contributed by atoms with Gasteiger partial charge in [0.25, 0.3) is 0 Å². The molecule has 7 aromatic rings. The summed E-state index contributed by atoms with van der Waals surface area (Å²) in [6.45, 7) is 0. The lowest BCUT2D eigenvalue weighted by atomic mass is 9.67. The van der Waals surface area contributed by atoms with E-state index in [1.807, 2.05) is 6.07 Å². The quantitative estimate of drug-likeness (QED) is 0.206. The summed E-state index contributed by atoms with van der Waals surface area (Å²) in [6.07, 6.45) is 3.40. The smallest absolute Gasteiger partial charge is 0.101 e. The molecule has 0 saturated carbocycles. The van der Waals surface area contributed by atoms with E-state index in [0.717, 1.165) is 22.3 Å². The van der Waals surface area contributed by atoms with E-state index in [0.29, 0.717) is 5.56 Å². The van der Waals surface area contributed by atoms with E-state index in [9.17, 15) is 5.26 Å². The van der Waals surface area contributed by atoms with Crippen molar-refractivity contribution in [3.05, 3.63) is 198 Å². The van der Waals surface area contributed by atoms with Gasteiger partial charge < -0.3 is 0 Å². The number of pyridine rings is 1. The van der Waals surface area contributed by atoms with Crippen LogP contribution >= 0.6 is 0 Å². The van der Waals surface area contributed by atoms with Crippen LogP contribution in [0, 0.1) is 11.3 Å². The van der Waals surface area contributed by atoms with Crippen LogP contribution in [0.5, 0.6) is 0 Å². The molecule has 0 N–H and O–H groups in total. The lowest BCUT2D eigenvalue weighted by molar-refractivity contribution is 0.768. The minimum Gasteiger partial charge on any atom is -0.263 e. The van der Waals surface area contributed by atoms with Crippen molar-refractivity contribution in [1.82, 2.24) is 4.98 Å². The number of aromatic nitrogens is 1. The van der Waals surface area contributed by atoms with Gasteiger partial charge in [0.05, 0.1) is 11.0 Å². The fourth-order valence-electron chi connectivity index (χ4n) is 7.00. The maximum Gasteiger partial charge on any atom is 0.101 e. The number of nitrogens with zero attached hydrogens (tertiary/aromatic N) is 2. The first-order valence-corrected chi connectivity index (χ1v) is 15.2. The summed E-state index contributed by atoms with van der Waals surface area (Å²) < 4.78 is 0. The van der Waals surface area contributed by atoms with Crippen LogP contribution in [0.25, 0.3) is 44.5 Å². The minimum atomic E-state index is -0.441. The highest BCUT2D eigenvalue weighted by Gasteiger charge is 2.46. The molecule has 45 heavy (non-hydrogen) atoms. The molecule has 0 amide bonds. The Balaban J connectivity index is 1.33. The highest BCUT2D eigenvalue weighted by molar-refractivity contribution is 5.91. The Morgan fingerprint density at radius 2 is 0.867 bits per heavy atom. The zero-order valence-corrected chi connectivity index (χ0v) is 24.6. The first kappa shape index (κ1) is 26.6. The van der Waals surface area contributed by atoms with E-state index in [1.54, 1.807) is 12.4 Å². The van der Waals surface area contributed by atoms with Crippen LogP contribution in [-0.4, -0.2) is 4.98 Å². The third-order valence-corrected chi connectivity index (χ3v) is 9.08. The number of fused-ring (bicyclic) bond motifs is 3. The number of benzene rings is 6. The normalized spacial score (nSPS) is 12.6. The number of hydrogen-bond acceptors (Lipinski definition) is 2. The third-order valence-electron chi connectivity index (χ3n) is 9.08. The highest BCUT2D eigenvalue weighted by atomic mass is 14.6. The van der Waals surface area contributed by atoms with Crippen molar-refractivity contribution in [2.75, 3.05) is 0 Å². The largest absolute Gasteiger partial charge is 0.263 e. The highest BCUT2D eigenvalue weighted by Crippen LogP contribution is 2.57. The molecule has 1 heterocycles. The summed E-state index contributed by atoms with van der Waals surface area (Å²) in [7, 11) is 0. The van der Waals surface area contributed by atoms with Crippen molar-refractivity contribution >= 4 is 0 Å². The summed E-state index contributed by atoms with van der Waals surface area (Å²) in [5, 5.41) is 9.32. The van der Waals surface area contributed by atoms with E-state index in [2.05, 4.69) is 163 Å². The first-order valence-electron chi connectivity index (χ1n) is 15.2. The van der Waals surface area contributed by atoms with Crippen LogP contribution in [0.1, 0.15) is 27.8 Å². The van der Waals surface area contributed by atoms with Crippen molar-refractivity contribution in [3.8, 4) is 50.6 Å². The van der Waals surface area contributed by atoms with Gasteiger partial charge in [0.2, 0.25) is 0 Å². The Hall–Kier alpha value is -6.04. The van der Waals surface area contributed by atoms with E-state index in [-0.39, 0.29) is 0 Å². The van der Waals surface area contributed by atoms with Gasteiger partial charge >= 0.3 is 0 Å². The first-order chi connectivity index (χ1) is 22.3. The van der Waals surface area contributed by atoms with Crippen LogP contribution in [0.2, 0.25) is 0 Å². The van der Waals surface area contributed by atoms with Gasteiger partial charge in [0.1, 0.15) is 6.07 Å². The second kappa shape index (κ2) is 10.9. The Labute approximate surface area is 263 Å². The molecule has 1 aromatic heterocycles. The number of rotatable bonds is 5. The predicted molar refractivity (Wildman–Crippen MR) is 183 cm³/mol.